The number of benzene rings is 2. The van der Waals surface area contributed by atoms with E-state index in [0.29, 0.717) is 28.6 Å². The van der Waals surface area contributed by atoms with E-state index >= 15 is 0 Å². The number of ether oxygens (including phenoxy) is 1. The van der Waals surface area contributed by atoms with Gasteiger partial charge in [-0.15, -0.1) is 11.3 Å². The molecule has 164 valence electrons. The summed E-state index contributed by atoms with van der Waals surface area (Å²) in [5.41, 5.74) is 3.04. The van der Waals surface area contributed by atoms with Crippen LogP contribution in [0.25, 0.3) is 5.76 Å². The summed E-state index contributed by atoms with van der Waals surface area (Å²) in [5, 5.41) is 13.4. The maximum absolute atomic E-state index is 13.2. The van der Waals surface area contributed by atoms with Crippen LogP contribution in [0.2, 0.25) is 0 Å². The van der Waals surface area contributed by atoms with E-state index < -0.39 is 17.7 Å². The molecule has 2 aromatic carbocycles. The molecule has 2 heterocycles. The fourth-order valence-corrected chi connectivity index (χ4v) is 4.45. The Morgan fingerprint density at radius 3 is 2.56 bits per heavy atom. The second kappa shape index (κ2) is 8.96. The van der Waals surface area contributed by atoms with Gasteiger partial charge in [0.1, 0.15) is 11.5 Å². The first-order valence-corrected chi connectivity index (χ1v) is 11.3. The molecule has 0 saturated carbocycles. The average Bonchev–Trinajstić information content (AvgIpc) is 3.41. The van der Waals surface area contributed by atoms with Crippen LogP contribution in [0.1, 0.15) is 41.6 Å². The van der Waals surface area contributed by atoms with E-state index in [2.05, 4.69) is 4.98 Å². The molecule has 4 rings (SSSR count). The van der Waals surface area contributed by atoms with Gasteiger partial charge in [0.2, 0.25) is 0 Å². The van der Waals surface area contributed by atoms with E-state index in [0.717, 1.165) is 17.5 Å². The third kappa shape index (κ3) is 3.91. The molecule has 1 amide bonds. The summed E-state index contributed by atoms with van der Waals surface area (Å²) >= 11 is 1.27. The van der Waals surface area contributed by atoms with Crippen molar-refractivity contribution in [3.63, 3.8) is 0 Å². The lowest BCUT2D eigenvalue weighted by molar-refractivity contribution is -0.132. The van der Waals surface area contributed by atoms with E-state index in [-0.39, 0.29) is 11.3 Å². The molecule has 1 aliphatic rings. The molecule has 1 saturated heterocycles. The van der Waals surface area contributed by atoms with Gasteiger partial charge in [-0.3, -0.25) is 14.5 Å². The number of carbonyl (C=O) groups is 2. The zero-order valence-electron chi connectivity index (χ0n) is 18.2. The van der Waals surface area contributed by atoms with Gasteiger partial charge in [-0.2, -0.15) is 0 Å². The van der Waals surface area contributed by atoms with Crippen molar-refractivity contribution in [1.29, 1.82) is 0 Å². The molecule has 0 radical (unpaired) electrons. The first-order chi connectivity index (χ1) is 15.4. The lowest BCUT2D eigenvalue weighted by Crippen LogP contribution is -2.29. The zero-order valence-corrected chi connectivity index (χ0v) is 19.0. The van der Waals surface area contributed by atoms with Crippen molar-refractivity contribution in [1.82, 2.24) is 4.98 Å². The summed E-state index contributed by atoms with van der Waals surface area (Å²) < 4.78 is 5.67. The topological polar surface area (TPSA) is 79.7 Å². The predicted octanol–water partition coefficient (Wildman–Crippen LogP) is 5.18. The Balaban J connectivity index is 1.88. The SMILES string of the molecule is CCCOc1ccc(C2/C(=C(\O)c3cc(C)ccc3C)C(=O)C(=O)N2c2nccs2)cc1. The second-order valence-electron chi connectivity index (χ2n) is 7.72. The van der Waals surface area contributed by atoms with Crippen molar-refractivity contribution in [2.45, 2.75) is 33.2 Å². The highest BCUT2D eigenvalue weighted by Crippen LogP contribution is 2.43. The third-order valence-electron chi connectivity index (χ3n) is 5.39. The summed E-state index contributed by atoms with van der Waals surface area (Å²) in [6, 6.07) is 12.1. The number of hydrogen-bond acceptors (Lipinski definition) is 6. The molecular formula is C25H24N2O4S. The van der Waals surface area contributed by atoms with Crippen molar-refractivity contribution in [2.75, 3.05) is 11.5 Å². The Bertz CT molecular complexity index is 1180. The van der Waals surface area contributed by atoms with E-state index in [4.69, 9.17) is 4.74 Å². The van der Waals surface area contributed by atoms with Crippen LogP contribution in [0.4, 0.5) is 5.13 Å². The van der Waals surface area contributed by atoms with Crippen molar-refractivity contribution in [3.8, 4) is 5.75 Å². The maximum atomic E-state index is 13.2. The molecule has 1 aromatic heterocycles. The Morgan fingerprint density at radius 1 is 1.16 bits per heavy atom. The molecule has 6 nitrogen and oxygen atoms in total. The van der Waals surface area contributed by atoms with Gasteiger partial charge < -0.3 is 9.84 Å². The van der Waals surface area contributed by atoms with Crippen LogP contribution in [0.5, 0.6) is 5.75 Å². The fourth-order valence-electron chi connectivity index (χ4n) is 3.78. The van der Waals surface area contributed by atoms with Crippen molar-refractivity contribution in [3.05, 3.63) is 81.9 Å². The number of carbonyl (C=O) groups excluding carboxylic acids is 2. The number of anilines is 1. The first kappa shape index (κ1) is 21.8. The monoisotopic (exact) mass is 448 g/mol. The van der Waals surface area contributed by atoms with Crippen LogP contribution in [0.3, 0.4) is 0 Å². The van der Waals surface area contributed by atoms with E-state index in [1.54, 1.807) is 11.6 Å². The first-order valence-electron chi connectivity index (χ1n) is 10.4. The molecule has 0 aliphatic carbocycles. The van der Waals surface area contributed by atoms with E-state index in [1.165, 1.54) is 16.2 Å². The number of aryl methyl sites for hydroxylation is 2. The van der Waals surface area contributed by atoms with Gasteiger partial charge in [0.15, 0.2) is 5.13 Å². The number of Topliss-reactive ketones (excluding diaryl/α,β-unsaturated/α-hetero) is 1. The van der Waals surface area contributed by atoms with Crippen LogP contribution in [-0.4, -0.2) is 28.4 Å². The van der Waals surface area contributed by atoms with Crippen molar-refractivity contribution in [2.24, 2.45) is 0 Å². The highest BCUT2D eigenvalue weighted by Gasteiger charge is 2.48. The molecule has 3 aromatic rings. The largest absolute Gasteiger partial charge is 0.507 e. The molecule has 0 spiro atoms. The maximum Gasteiger partial charge on any atom is 0.301 e. The van der Waals surface area contributed by atoms with Gasteiger partial charge in [0.05, 0.1) is 18.2 Å². The number of amides is 1. The molecule has 1 fully saturated rings. The molecule has 7 heteroatoms. The van der Waals surface area contributed by atoms with Gasteiger partial charge in [-0.05, 0) is 49.6 Å². The minimum atomic E-state index is -0.790. The number of aromatic nitrogens is 1. The Morgan fingerprint density at radius 2 is 1.91 bits per heavy atom. The molecule has 1 unspecified atom stereocenters. The van der Waals surface area contributed by atoms with Gasteiger partial charge >= 0.3 is 5.91 Å². The Hall–Kier alpha value is -3.45. The fraction of sp³-hybridized carbons (Fsp3) is 0.240. The highest BCUT2D eigenvalue weighted by molar-refractivity contribution is 7.14. The lowest BCUT2D eigenvalue weighted by Gasteiger charge is -2.23. The lowest BCUT2D eigenvalue weighted by atomic mass is 9.93. The summed E-state index contributed by atoms with van der Waals surface area (Å²) in [6.07, 6.45) is 2.48. The number of nitrogens with zero attached hydrogens (tertiary/aromatic N) is 2. The minimum absolute atomic E-state index is 0.0566. The molecule has 32 heavy (non-hydrogen) atoms. The van der Waals surface area contributed by atoms with Crippen LogP contribution in [-0.2, 0) is 9.59 Å². The normalized spacial score (nSPS) is 17.7. The molecule has 0 bridgehead atoms. The number of aliphatic hydroxyl groups is 1. The summed E-state index contributed by atoms with van der Waals surface area (Å²) in [5.74, 6) is -0.908. The number of aliphatic hydroxyl groups excluding tert-OH is 1. The zero-order chi connectivity index (χ0) is 22.8. The van der Waals surface area contributed by atoms with Gasteiger partial charge in [0.25, 0.3) is 5.78 Å². The molecule has 1 atom stereocenters. The Kier molecular flexibility index (Phi) is 6.10. The van der Waals surface area contributed by atoms with Gasteiger partial charge in [-0.25, -0.2) is 4.98 Å². The molecular weight excluding hydrogens is 424 g/mol. The predicted molar refractivity (Wildman–Crippen MR) is 125 cm³/mol. The molecule has 1 aliphatic heterocycles. The Labute approximate surface area is 190 Å². The number of thiazole rings is 1. The minimum Gasteiger partial charge on any atom is -0.507 e. The summed E-state index contributed by atoms with van der Waals surface area (Å²) in [4.78, 5) is 31.8. The average molecular weight is 449 g/mol. The number of ketones is 1. The highest BCUT2D eigenvalue weighted by atomic mass is 32.1. The van der Waals surface area contributed by atoms with Crippen molar-refractivity contribution >= 4 is 33.9 Å². The third-order valence-corrected chi connectivity index (χ3v) is 6.16. The van der Waals surface area contributed by atoms with Crippen LogP contribution < -0.4 is 9.64 Å². The molecule has 1 N–H and O–H groups in total. The van der Waals surface area contributed by atoms with E-state index in [9.17, 15) is 14.7 Å². The van der Waals surface area contributed by atoms with E-state index in [1.807, 2.05) is 63.2 Å². The summed E-state index contributed by atoms with van der Waals surface area (Å²) in [7, 11) is 0. The summed E-state index contributed by atoms with van der Waals surface area (Å²) in [6.45, 7) is 6.41. The van der Waals surface area contributed by atoms with Gasteiger partial charge in [0, 0.05) is 17.1 Å². The smallest absolute Gasteiger partial charge is 0.301 e. The van der Waals surface area contributed by atoms with Crippen molar-refractivity contribution < 1.29 is 19.4 Å². The van der Waals surface area contributed by atoms with Crippen LogP contribution in [0.15, 0.2) is 59.6 Å². The van der Waals surface area contributed by atoms with Crippen LogP contribution in [0, 0.1) is 13.8 Å². The number of hydrogen-bond donors (Lipinski definition) is 1. The number of rotatable bonds is 6. The quantitative estimate of drug-likeness (QED) is 0.319. The van der Waals surface area contributed by atoms with Gasteiger partial charge in [-0.1, -0.05) is 36.8 Å². The second-order valence-corrected chi connectivity index (χ2v) is 8.59. The standard InChI is InChI=1S/C25H24N2O4S/c1-4-12-31-18-9-7-17(8-10-18)21-20(22(28)19-14-15(2)5-6-16(19)3)23(29)24(30)27(21)25-26-11-13-32-25/h5-11,13-14,21,28H,4,12H2,1-3H3/b22-20+. The van der Waals surface area contributed by atoms with Crippen LogP contribution >= 0.6 is 11.3 Å².